The van der Waals surface area contributed by atoms with Crippen molar-refractivity contribution in [1.82, 2.24) is 10.2 Å². The van der Waals surface area contributed by atoms with Gasteiger partial charge in [-0.05, 0) is 42.7 Å². The Balaban J connectivity index is 2.06. The van der Waals surface area contributed by atoms with Gasteiger partial charge in [0.15, 0.2) is 0 Å². The summed E-state index contributed by atoms with van der Waals surface area (Å²) in [5.74, 6) is 0.826. The second kappa shape index (κ2) is 10.4. The zero-order chi connectivity index (χ0) is 19.8. The van der Waals surface area contributed by atoms with Crippen molar-refractivity contribution in [3.05, 3.63) is 70.2 Å². The molecule has 0 fully saturated rings. The van der Waals surface area contributed by atoms with Crippen LogP contribution in [0.1, 0.15) is 23.6 Å². The Bertz CT molecular complexity index is 797. The fraction of sp³-hybridized carbons (Fsp3) is 0.333. The van der Waals surface area contributed by atoms with E-state index >= 15 is 0 Å². The number of amides is 2. The number of likely N-dealkylation sites (N-methyl/N-ethyl adjacent to an activating group) is 1. The zero-order valence-electron chi connectivity index (χ0n) is 15.9. The van der Waals surface area contributed by atoms with Crippen LogP contribution in [0, 0.1) is 6.92 Å². The molecule has 4 nitrogen and oxygen atoms in total. The van der Waals surface area contributed by atoms with Crippen LogP contribution >= 0.6 is 23.4 Å². The van der Waals surface area contributed by atoms with Crippen LogP contribution in [-0.4, -0.2) is 35.6 Å². The van der Waals surface area contributed by atoms with Gasteiger partial charge in [-0.1, -0.05) is 48.0 Å². The van der Waals surface area contributed by atoms with Gasteiger partial charge < -0.3 is 10.2 Å². The van der Waals surface area contributed by atoms with E-state index in [1.807, 2.05) is 30.3 Å². The van der Waals surface area contributed by atoms with Gasteiger partial charge in [-0.25, -0.2) is 0 Å². The Morgan fingerprint density at radius 2 is 1.93 bits per heavy atom. The Labute approximate surface area is 170 Å². The molecule has 0 unspecified atom stereocenters. The molecule has 0 heterocycles. The van der Waals surface area contributed by atoms with Crippen LogP contribution in [0.4, 0.5) is 0 Å². The van der Waals surface area contributed by atoms with Gasteiger partial charge in [0.2, 0.25) is 11.8 Å². The lowest BCUT2D eigenvalue weighted by Gasteiger charge is -2.28. The van der Waals surface area contributed by atoms with Crippen LogP contribution in [0.25, 0.3) is 0 Å². The van der Waals surface area contributed by atoms with E-state index in [4.69, 9.17) is 11.6 Å². The fourth-order valence-corrected chi connectivity index (χ4v) is 3.93. The SMILES string of the molecule is CNC(=O)[C@H](C)N(Cc1cccc(Cl)c1)C(=O)CSCc1ccccc1C. The molecular weight excluding hydrogens is 380 g/mol. The van der Waals surface area contributed by atoms with Crippen LogP contribution < -0.4 is 5.32 Å². The average Bonchev–Trinajstić information content (AvgIpc) is 2.66. The molecule has 144 valence electrons. The predicted molar refractivity (Wildman–Crippen MR) is 113 cm³/mol. The molecule has 2 amide bonds. The van der Waals surface area contributed by atoms with Crippen LogP contribution in [0.2, 0.25) is 5.02 Å². The third kappa shape index (κ3) is 6.29. The van der Waals surface area contributed by atoms with Crippen molar-refractivity contribution < 1.29 is 9.59 Å². The highest BCUT2D eigenvalue weighted by Crippen LogP contribution is 2.19. The number of benzene rings is 2. The van der Waals surface area contributed by atoms with Crippen LogP contribution in [-0.2, 0) is 21.9 Å². The highest BCUT2D eigenvalue weighted by Gasteiger charge is 2.25. The number of hydrogen-bond donors (Lipinski definition) is 1. The molecule has 0 saturated carbocycles. The minimum Gasteiger partial charge on any atom is -0.357 e. The molecule has 0 spiro atoms. The van der Waals surface area contributed by atoms with Gasteiger partial charge >= 0.3 is 0 Å². The van der Waals surface area contributed by atoms with Gasteiger partial charge in [0.1, 0.15) is 6.04 Å². The molecule has 0 radical (unpaired) electrons. The third-order valence-corrected chi connectivity index (χ3v) is 5.60. The number of thioether (sulfide) groups is 1. The summed E-state index contributed by atoms with van der Waals surface area (Å²) >= 11 is 7.62. The average molecular weight is 405 g/mol. The topological polar surface area (TPSA) is 49.4 Å². The molecule has 0 aliphatic carbocycles. The van der Waals surface area contributed by atoms with E-state index in [9.17, 15) is 9.59 Å². The second-order valence-electron chi connectivity index (χ2n) is 6.36. The molecule has 27 heavy (non-hydrogen) atoms. The molecule has 0 aliphatic rings. The summed E-state index contributed by atoms with van der Waals surface area (Å²) < 4.78 is 0. The molecule has 1 N–H and O–H groups in total. The number of rotatable bonds is 8. The molecular formula is C21H25ClN2O2S. The van der Waals surface area contributed by atoms with E-state index in [0.29, 0.717) is 17.3 Å². The summed E-state index contributed by atoms with van der Waals surface area (Å²) in [6.07, 6.45) is 0. The number of hydrogen-bond acceptors (Lipinski definition) is 3. The van der Waals surface area contributed by atoms with Gasteiger partial charge in [-0.3, -0.25) is 9.59 Å². The van der Waals surface area contributed by atoms with Crippen molar-refractivity contribution in [3.8, 4) is 0 Å². The summed E-state index contributed by atoms with van der Waals surface area (Å²) in [6.45, 7) is 4.16. The van der Waals surface area contributed by atoms with Crippen molar-refractivity contribution in [2.75, 3.05) is 12.8 Å². The molecule has 0 aliphatic heterocycles. The van der Waals surface area contributed by atoms with Crippen LogP contribution in [0.5, 0.6) is 0 Å². The maximum atomic E-state index is 12.9. The minimum absolute atomic E-state index is 0.0651. The Morgan fingerprint density at radius 3 is 2.59 bits per heavy atom. The molecule has 6 heteroatoms. The number of aryl methyl sites for hydroxylation is 1. The Morgan fingerprint density at radius 1 is 1.19 bits per heavy atom. The molecule has 2 aromatic carbocycles. The predicted octanol–water partition coefficient (Wildman–Crippen LogP) is 4.04. The Kier molecular flexibility index (Phi) is 8.20. The maximum Gasteiger partial charge on any atom is 0.242 e. The lowest BCUT2D eigenvalue weighted by Crippen LogP contribution is -2.47. The van der Waals surface area contributed by atoms with E-state index in [0.717, 1.165) is 11.3 Å². The van der Waals surface area contributed by atoms with Crippen molar-refractivity contribution in [2.45, 2.75) is 32.2 Å². The van der Waals surface area contributed by atoms with Gasteiger partial charge in [0.25, 0.3) is 0 Å². The van der Waals surface area contributed by atoms with Gasteiger partial charge in [-0.15, -0.1) is 11.8 Å². The van der Waals surface area contributed by atoms with Gasteiger partial charge in [0, 0.05) is 24.4 Å². The first-order valence-corrected chi connectivity index (χ1v) is 10.3. The highest BCUT2D eigenvalue weighted by atomic mass is 35.5. The first-order valence-electron chi connectivity index (χ1n) is 8.80. The van der Waals surface area contributed by atoms with Crippen LogP contribution in [0.3, 0.4) is 0 Å². The smallest absolute Gasteiger partial charge is 0.242 e. The largest absolute Gasteiger partial charge is 0.357 e. The molecule has 2 aromatic rings. The lowest BCUT2D eigenvalue weighted by atomic mass is 10.1. The summed E-state index contributed by atoms with van der Waals surface area (Å²) in [6, 6.07) is 15.0. The zero-order valence-corrected chi connectivity index (χ0v) is 17.4. The first kappa shape index (κ1) is 21.3. The van der Waals surface area contributed by atoms with Crippen molar-refractivity contribution in [2.24, 2.45) is 0 Å². The standard InChI is InChI=1S/C21H25ClN2O2S/c1-15-7-4-5-9-18(15)13-27-14-20(25)24(16(2)21(26)23-3)12-17-8-6-10-19(22)11-17/h4-11,16H,12-14H2,1-3H3,(H,23,26)/t16-/m0/s1. The normalized spacial score (nSPS) is 11.7. The maximum absolute atomic E-state index is 12.9. The molecule has 0 aromatic heterocycles. The molecule has 0 saturated heterocycles. The number of carbonyl (C=O) groups excluding carboxylic acids is 2. The monoisotopic (exact) mass is 404 g/mol. The van der Waals surface area contributed by atoms with Gasteiger partial charge in [-0.2, -0.15) is 0 Å². The van der Waals surface area contributed by atoms with Gasteiger partial charge in [0.05, 0.1) is 5.75 Å². The minimum atomic E-state index is -0.555. The van der Waals surface area contributed by atoms with E-state index in [-0.39, 0.29) is 11.8 Å². The summed E-state index contributed by atoms with van der Waals surface area (Å²) in [4.78, 5) is 26.6. The molecule has 0 bridgehead atoms. The Hall–Kier alpha value is -1.98. The first-order chi connectivity index (χ1) is 12.9. The number of halogens is 1. The number of nitrogens with zero attached hydrogens (tertiary/aromatic N) is 1. The fourth-order valence-electron chi connectivity index (χ4n) is 2.73. The third-order valence-electron chi connectivity index (χ3n) is 4.40. The van der Waals surface area contributed by atoms with Crippen LogP contribution in [0.15, 0.2) is 48.5 Å². The number of nitrogens with one attached hydrogen (secondary N) is 1. The van der Waals surface area contributed by atoms with Crippen molar-refractivity contribution in [3.63, 3.8) is 0 Å². The van der Waals surface area contributed by atoms with Crippen molar-refractivity contribution in [1.29, 1.82) is 0 Å². The number of carbonyl (C=O) groups is 2. The van der Waals surface area contributed by atoms with E-state index < -0.39 is 6.04 Å². The summed E-state index contributed by atoms with van der Waals surface area (Å²) in [5, 5.41) is 3.23. The quantitative estimate of drug-likeness (QED) is 0.722. The van der Waals surface area contributed by atoms with E-state index in [1.54, 1.807) is 36.7 Å². The van der Waals surface area contributed by atoms with E-state index in [2.05, 4.69) is 24.4 Å². The molecule has 2 rings (SSSR count). The van der Waals surface area contributed by atoms with Crippen molar-refractivity contribution >= 4 is 35.2 Å². The molecule has 1 atom stereocenters. The summed E-state index contributed by atoms with van der Waals surface area (Å²) in [5.41, 5.74) is 3.33. The van der Waals surface area contributed by atoms with E-state index in [1.165, 1.54) is 11.1 Å². The summed E-state index contributed by atoms with van der Waals surface area (Å²) in [7, 11) is 1.58. The highest BCUT2D eigenvalue weighted by molar-refractivity contribution is 7.99. The lowest BCUT2D eigenvalue weighted by molar-refractivity contribution is -0.138. The second-order valence-corrected chi connectivity index (χ2v) is 7.78.